The van der Waals surface area contributed by atoms with Crippen molar-refractivity contribution < 1.29 is 9.47 Å². The van der Waals surface area contributed by atoms with Crippen molar-refractivity contribution in [2.75, 3.05) is 13.2 Å². The fraction of sp³-hybridized carbons (Fsp3) is 0.235. The molecule has 21 heavy (non-hydrogen) atoms. The van der Waals surface area contributed by atoms with Crippen LogP contribution >= 0.6 is 0 Å². The Morgan fingerprint density at radius 3 is 2.52 bits per heavy atom. The quantitative estimate of drug-likeness (QED) is 0.466. The van der Waals surface area contributed by atoms with Gasteiger partial charge in [0, 0.05) is 5.56 Å². The Balaban J connectivity index is 1.75. The van der Waals surface area contributed by atoms with Gasteiger partial charge in [-0.1, -0.05) is 30.3 Å². The van der Waals surface area contributed by atoms with Crippen molar-refractivity contribution in [3.63, 3.8) is 0 Å². The van der Waals surface area contributed by atoms with Gasteiger partial charge in [-0.05, 0) is 36.2 Å². The lowest BCUT2D eigenvalue weighted by Crippen LogP contribution is -2.12. The molecular formula is C17H20N2O2. The van der Waals surface area contributed by atoms with Crippen molar-refractivity contribution in [3.05, 3.63) is 65.2 Å². The molecular weight excluding hydrogens is 264 g/mol. The summed E-state index contributed by atoms with van der Waals surface area (Å²) in [6.07, 6.45) is 0. The molecule has 110 valence electrons. The number of ether oxygens (including phenoxy) is 2. The fourth-order valence-electron chi connectivity index (χ4n) is 1.94. The van der Waals surface area contributed by atoms with E-state index in [4.69, 9.17) is 20.6 Å². The molecule has 2 aromatic rings. The van der Waals surface area contributed by atoms with Crippen LogP contribution in [0.15, 0.2) is 48.5 Å². The Morgan fingerprint density at radius 2 is 1.86 bits per heavy atom. The molecule has 0 aliphatic heterocycles. The molecule has 4 nitrogen and oxygen atoms in total. The monoisotopic (exact) mass is 284 g/mol. The topological polar surface area (TPSA) is 68.3 Å². The molecule has 0 atom stereocenters. The fourth-order valence-corrected chi connectivity index (χ4v) is 1.94. The van der Waals surface area contributed by atoms with Crippen LogP contribution < -0.4 is 10.5 Å². The van der Waals surface area contributed by atoms with Crippen molar-refractivity contribution in [2.24, 2.45) is 5.73 Å². The van der Waals surface area contributed by atoms with Crippen LogP contribution in [0.25, 0.3) is 0 Å². The number of nitrogens with two attached hydrogens (primary N) is 1. The number of rotatable bonds is 7. The number of hydrogen-bond acceptors (Lipinski definition) is 3. The van der Waals surface area contributed by atoms with Gasteiger partial charge in [0.05, 0.1) is 13.2 Å². The molecule has 2 aromatic carbocycles. The summed E-state index contributed by atoms with van der Waals surface area (Å²) in [5.74, 6) is 0.935. The molecule has 0 radical (unpaired) electrons. The highest BCUT2D eigenvalue weighted by Crippen LogP contribution is 2.12. The van der Waals surface area contributed by atoms with E-state index in [0.717, 1.165) is 22.4 Å². The number of amidine groups is 1. The van der Waals surface area contributed by atoms with Crippen LogP contribution in [0.1, 0.15) is 16.7 Å². The third-order valence-electron chi connectivity index (χ3n) is 3.15. The molecule has 0 aromatic heterocycles. The van der Waals surface area contributed by atoms with E-state index in [0.29, 0.717) is 19.8 Å². The van der Waals surface area contributed by atoms with E-state index in [1.54, 1.807) is 0 Å². The van der Waals surface area contributed by atoms with Crippen molar-refractivity contribution in [3.8, 4) is 5.75 Å². The highest BCUT2D eigenvalue weighted by Gasteiger charge is 2.02. The lowest BCUT2D eigenvalue weighted by Gasteiger charge is -2.10. The Kier molecular flexibility index (Phi) is 5.35. The van der Waals surface area contributed by atoms with E-state index in [1.165, 1.54) is 0 Å². The maximum Gasteiger partial charge on any atom is 0.122 e. The van der Waals surface area contributed by atoms with Crippen LogP contribution in [0.5, 0.6) is 5.75 Å². The van der Waals surface area contributed by atoms with Gasteiger partial charge in [-0.3, -0.25) is 5.41 Å². The summed E-state index contributed by atoms with van der Waals surface area (Å²) in [7, 11) is 0. The lowest BCUT2D eigenvalue weighted by atomic mass is 10.1. The van der Waals surface area contributed by atoms with Crippen LogP contribution in [0.4, 0.5) is 0 Å². The predicted octanol–water partition coefficient (Wildman–Crippen LogP) is 2.87. The SMILES string of the molecule is Cc1cc(C(=N)N)ccc1COCCOc1ccccc1. The van der Waals surface area contributed by atoms with Crippen LogP contribution in [-0.2, 0) is 11.3 Å². The maximum absolute atomic E-state index is 7.41. The first-order valence-corrected chi connectivity index (χ1v) is 6.86. The van der Waals surface area contributed by atoms with Gasteiger partial charge in [0.1, 0.15) is 18.2 Å². The molecule has 3 N–H and O–H groups in total. The molecule has 0 saturated heterocycles. The second-order valence-corrected chi connectivity index (χ2v) is 4.77. The maximum atomic E-state index is 7.41. The molecule has 0 aliphatic rings. The summed E-state index contributed by atoms with van der Waals surface area (Å²) >= 11 is 0. The van der Waals surface area contributed by atoms with Gasteiger partial charge in [-0.15, -0.1) is 0 Å². The van der Waals surface area contributed by atoms with Crippen molar-refractivity contribution >= 4 is 5.84 Å². The van der Waals surface area contributed by atoms with Crippen LogP contribution in [0.3, 0.4) is 0 Å². The molecule has 0 unspecified atom stereocenters. The summed E-state index contributed by atoms with van der Waals surface area (Å²) < 4.78 is 11.2. The van der Waals surface area contributed by atoms with Gasteiger partial charge >= 0.3 is 0 Å². The zero-order valence-corrected chi connectivity index (χ0v) is 12.1. The average Bonchev–Trinajstić information content (AvgIpc) is 2.49. The van der Waals surface area contributed by atoms with Crippen molar-refractivity contribution in [2.45, 2.75) is 13.5 Å². The van der Waals surface area contributed by atoms with Crippen molar-refractivity contribution in [1.29, 1.82) is 5.41 Å². The molecule has 0 amide bonds. The van der Waals surface area contributed by atoms with Gasteiger partial charge in [0.2, 0.25) is 0 Å². The summed E-state index contributed by atoms with van der Waals surface area (Å²) in [6, 6.07) is 15.4. The Morgan fingerprint density at radius 1 is 1.10 bits per heavy atom. The van der Waals surface area contributed by atoms with Crippen LogP contribution in [-0.4, -0.2) is 19.0 Å². The third kappa shape index (κ3) is 4.61. The largest absolute Gasteiger partial charge is 0.491 e. The molecule has 0 fully saturated rings. The molecule has 0 saturated carbocycles. The van der Waals surface area contributed by atoms with Gasteiger partial charge in [0.25, 0.3) is 0 Å². The Bertz CT molecular complexity index is 597. The predicted molar refractivity (Wildman–Crippen MR) is 83.8 cm³/mol. The van der Waals surface area contributed by atoms with Gasteiger partial charge in [-0.2, -0.15) is 0 Å². The average molecular weight is 284 g/mol. The summed E-state index contributed by atoms with van der Waals surface area (Å²) in [4.78, 5) is 0. The minimum absolute atomic E-state index is 0.0850. The van der Waals surface area contributed by atoms with E-state index < -0.39 is 0 Å². The van der Waals surface area contributed by atoms with Gasteiger partial charge in [0.15, 0.2) is 0 Å². The number of hydrogen-bond donors (Lipinski definition) is 2. The number of aryl methyl sites for hydroxylation is 1. The molecule has 2 rings (SSSR count). The normalized spacial score (nSPS) is 10.3. The van der Waals surface area contributed by atoms with E-state index in [2.05, 4.69) is 0 Å². The smallest absolute Gasteiger partial charge is 0.122 e. The van der Waals surface area contributed by atoms with E-state index in [9.17, 15) is 0 Å². The first kappa shape index (κ1) is 15.1. The van der Waals surface area contributed by atoms with Crippen molar-refractivity contribution in [1.82, 2.24) is 0 Å². The second kappa shape index (κ2) is 7.45. The lowest BCUT2D eigenvalue weighted by molar-refractivity contribution is 0.0886. The van der Waals surface area contributed by atoms with Gasteiger partial charge < -0.3 is 15.2 Å². The van der Waals surface area contributed by atoms with Crippen LogP contribution in [0.2, 0.25) is 0 Å². The van der Waals surface area contributed by atoms with E-state index in [1.807, 2.05) is 55.5 Å². The minimum Gasteiger partial charge on any atom is -0.491 e. The van der Waals surface area contributed by atoms with E-state index in [-0.39, 0.29) is 5.84 Å². The van der Waals surface area contributed by atoms with Gasteiger partial charge in [-0.25, -0.2) is 0 Å². The zero-order valence-electron chi connectivity index (χ0n) is 12.1. The second-order valence-electron chi connectivity index (χ2n) is 4.77. The zero-order chi connectivity index (χ0) is 15.1. The Hall–Kier alpha value is -2.33. The number of nitrogen functional groups attached to an aromatic ring is 1. The van der Waals surface area contributed by atoms with E-state index >= 15 is 0 Å². The molecule has 0 aliphatic carbocycles. The standard InChI is InChI=1S/C17H20N2O2/c1-13-11-14(17(18)19)7-8-15(13)12-20-9-10-21-16-5-3-2-4-6-16/h2-8,11H,9-10,12H2,1H3,(H3,18,19). The molecule has 0 bridgehead atoms. The summed E-state index contributed by atoms with van der Waals surface area (Å²) in [5.41, 5.74) is 8.38. The first-order chi connectivity index (χ1) is 10.2. The minimum atomic E-state index is 0.0850. The highest BCUT2D eigenvalue weighted by atomic mass is 16.5. The molecule has 0 spiro atoms. The summed E-state index contributed by atoms with van der Waals surface area (Å²) in [6.45, 7) is 3.57. The molecule has 0 heterocycles. The number of benzene rings is 2. The highest BCUT2D eigenvalue weighted by molar-refractivity contribution is 5.95. The molecule has 4 heteroatoms. The van der Waals surface area contributed by atoms with Crippen LogP contribution in [0, 0.1) is 12.3 Å². The summed E-state index contributed by atoms with van der Waals surface area (Å²) in [5, 5.41) is 7.41. The Labute approximate surface area is 125 Å². The number of nitrogens with one attached hydrogen (secondary N) is 1. The number of para-hydroxylation sites is 1. The third-order valence-corrected chi connectivity index (χ3v) is 3.15. The first-order valence-electron chi connectivity index (χ1n) is 6.86.